The van der Waals surface area contributed by atoms with Crippen LogP contribution in [0.25, 0.3) is 0 Å². The fourth-order valence-corrected chi connectivity index (χ4v) is 4.54. The fraction of sp³-hybridized carbons (Fsp3) is 0.708. The van der Waals surface area contributed by atoms with Crippen LogP contribution >= 0.6 is 24.0 Å². The summed E-state index contributed by atoms with van der Waals surface area (Å²) in [6, 6.07) is 8.80. The first-order valence-electron chi connectivity index (χ1n) is 11.5. The smallest absolute Gasteiger partial charge is 0.190 e. The Morgan fingerprint density at radius 3 is 2.57 bits per heavy atom. The summed E-state index contributed by atoms with van der Waals surface area (Å²) >= 11 is 0. The molecule has 2 saturated heterocycles. The van der Waals surface area contributed by atoms with Gasteiger partial charge in [0.2, 0.25) is 0 Å². The van der Waals surface area contributed by atoms with Crippen molar-refractivity contribution in [2.75, 3.05) is 46.4 Å². The van der Waals surface area contributed by atoms with Crippen LogP contribution in [0, 0.1) is 18.8 Å². The number of likely N-dealkylation sites (tertiary alicyclic amines) is 1. The zero-order valence-electron chi connectivity index (χ0n) is 19.0. The van der Waals surface area contributed by atoms with Crippen LogP contribution in [0.3, 0.4) is 0 Å². The summed E-state index contributed by atoms with van der Waals surface area (Å²) in [6.45, 7) is 10.9. The van der Waals surface area contributed by atoms with E-state index in [-0.39, 0.29) is 30.1 Å². The Balaban J connectivity index is 0.00000320. The second-order valence-corrected chi connectivity index (χ2v) is 8.90. The molecule has 30 heavy (non-hydrogen) atoms. The first kappa shape index (κ1) is 25.4. The van der Waals surface area contributed by atoms with Crippen LogP contribution in [0.2, 0.25) is 0 Å². The molecule has 1 aromatic carbocycles. The topological polar surface area (TPSA) is 48.9 Å². The number of benzene rings is 1. The number of hydrogen-bond acceptors (Lipinski definition) is 3. The molecular formula is C24H41IN4O. The summed E-state index contributed by atoms with van der Waals surface area (Å²) in [4.78, 5) is 7.05. The minimum absolute atomic E-state index is 0. The van der Waals surface area contributed by atoms with Crippen LogP contribution in [-0.2, 0) is 4.74 Å². The number of ether oxygens (including phenoxy) is 1. The van der Waals surface area contributed by atoms with E-state index >= 15 is 0 Å². The second kappa shape index (κ2) is 13.5. The van der Waals surface area contributed by atoms with Crippen molar-refractivity contribution in [1.29, 1.82) is 0 Å². The lowest BCUT2D eigenvalue weighted by atomic mass is 9.89. The number of guanidine groups is 1. The van der Waals surface area contributed by atoms with E-state index in [9.17, 15) is 0 Å². The molecule has 2 fully saturated rings. The normalized spacial score (nSPS) is 24.0. The summed E-state index contributed by atoms with van der Waals surface area (Å²) in [5.41, 5.74) is 2.59. The molecule has 3 atom stereocenters. The molecule has 2 aliphatic rings. The van der Waals surface area contributed by atoms with E-state index in [0.29, 0.717) is 11.8 Å². The van der Waals surface area contributed by atoms with E-state index in [1.54, 1.807) is 0 Å². The van der Waals surface area contributed by atoms with E-state index in [0.717, 1.165) is 32.1 Å². The highest BCUT2D eigenvalue weighted by atomic mass is 127. The maximum absolute atomic E-state index is 6.16. The molecule has 2 heterocycles. The van der Waals surface area contributed by atoms with Crippen molar-refractivity contribution in [2.45, 2.75) is 52.1 Å². The molecule has 2 N–H and O–H groups in total. The van der Waals surface area contributed by atoms with Gasteiger partial charge in [-0.3, -0.25) is 4.99 Å². The van der Waals surface area contributed by atoms with E-state index in [1.807, 2.05) is 7.05 Å². The summed E-state index contributed by atoms with van der Waals surface area (Å²) in [6.07, 6.45) is 6.60. The van der Waals surface area contributed by atoms with E-state index in [2.05, 4.69) is 58.6 Å². The maximum atomic E-state index is 6.16. The van der Waals surface area contributed by atoms with Crippen LogP contribution in [0.1, 0.15) is 56.3 Å². The van der Waals surface area contributed by atoms with Gasteiger partial charge in [0.15, 0.2) is 5.96 Å². The third-order valence-electron chi connectivity index (χ3n) is 6.24. The predicted molar refractivity (Wildman–Crippen MR) is 137 cm³/mol. The van der Waals surface area contributed by atoms with Crippen LogP contribution in [0.4, 0.5) is 0 Å². The van der Waals surface area contributed by atoms with Crippen molar-refractivity contribution < 1.29 is 4.74 Å². The summed E-state index contributed by atoms with van der Waals surface area (Å²) in [5.74, 6) is 1.99. The fourth-order valence-electron chi connectivity index (χ4n) is 4.54. The lowest BCUT2D eigenvalue weighted by molar-refractivity contribution is -0.0265. The molecule has 3 rings (SSSR count). The first-order valence-corrected chi connectivity index (χ1v) is 11.5. The molecule has 0 aliphatic carbocycles. The number of aryl methyl sites for hydroxylation is 1. The average molecular weight is 529 g/mol. The molecule has 0 spiro atoms. The van der Waals surface area contributed by atoms with Crippen molar-refractivity contribution in [2.24, 2.45) is 16.8 Å². The SMILES string of the molecule is CN=C(NCC(C)CN1CCCCC1)NCC1CCCOC1c1ccc(C)cc1.I. The zero-order chi connectivity index (χ0) is 20.5. The van der Waals surface area contributed by atoms with Gasteiger partial charge in [-0.25, -0.2) is 0 Å². The van der Waals surface area contributed by atoms with Crippen molar-refractivity contribution in [3.63, 3.8) is 0 Å². The Morgan fingerprint density at radius 1 is 1.13 bits per heavy atom. The molecule has 2 aliphatic heterocycles. The number of rotatable bonds is 7. The van der Waals surface area contributed by atoms with Crippen LogP contribution in [0.15, 0.2) is 29.3 Å². The van der Waals surface area contributed by atoms with Crippen molar-refractivity contribution in [3.05, 3.63) is 35.4 Å². The minimum atomic E-state index is 0. The number of halogens is 1. The highest BCUT2D eigenvalue weighted by Gasteiger charge is 2.27. The molecule has 0 aromatic heterocycles. The lowest BCUT2D eigenvalue weighted by Crippen LogP contribution is -2.44. The Labute approximate surface area is 200 Å². The molecule has 1 aromatic rings. The lowest BCUT2D eigenvalue weighted by Gasteiger charge is -2.33. The zero-order valence-corrected chi connectivity index (χ0v) is 21.4. The van der Waals surface area contributed by atoms with Gasteiger partial charge in [-0.05, 0) is 57.2 Å². The molecule has 5 nitrogen and oxygen atoms in total. The van der Waals surface area contributed by atoms with Gasteiger partial charge in [0.25, 0.3) is 0 Å². The highest BCUT2D eigenvalue weighted by molar-refractivity contribution is 14.0. The van der Waals surface area contributed by atoms with Crippen LogP contribution < -0.4 is 10.6 Å². The predicted octanol–water partition coefficient (Wildman–Crippen LogP) is 4.37. The number of nitrogens with zero attached hydrogens (tertiary/aromatic N) is 2. The molecule has 6 heteroatoms. The van der Waals surface area contributed by atoms with Gasteiger partial charge in [0, 0.05) is 39.2 Å². The average Bonchev–Trinajstić information content (AvgIpc) is 2.75. The van der Waals surface area contributed by atoms with Crippen molar-refractivity contribution in [3.8, 4) is 0 Å². The third kappa shape index (κ3) is 8.00. The van der Waals surface area contributed by atoms with Crippen molar-refractivity contribution in [1.82, 2.24) is 15.5 Å². The molecule has 0 radical (unpaired) electrons. The van der Waals surface area contributed by atoms with E-state index in [4.69, 9.17) is 4.74 Å². The van der Waals surface area contributed by atoms with Gasteiger partial charge in [0.1, 0.15) is 0 Å². The number of piperidine rings is 1. The van der Waals surface area contributed by atoms with E-state index in [1.165, 1.54) is 56.4 Å². The largest absolute Gasteiger partial charge is 0.373 e. The van der Waals surface area contributed by atoms with E-state index < -0.39 is 0 Å². The van der Waals surface area contributed by atoms with Gasteiger partial charge in [-0.2, -0.15) is 0 Å². The van der Waals surface area contributed by atoms with Gasteiger partial charge in [-0.15, -0.1) is 24.0 Å². The van der Waals surface area contributed by atoms with Gasteiger partial charge in [-0.1, -0.05) is 43.2 Å². The Hall–Kier alpha value is -0.860. The molecule has 0 saturated carbocycles. The third-order valence-corrected chi connectivity index (χ3v) is 6.24. The number of nitrogens with one attached hydrogen (secondary N) is 2. The highest BCUT2D eigenvalue weighted by Crippen LogP contribution is 2.33. The summed E-state index contributed by atoms with van der Waals surface area (Å²) in [7, 11) is 1.86. The number of hydrogen-bond donors (Lipinski definition) is 2. The summed E-state index contributed by atoms with van der Waals surface area (Å²) < 4.78 is 6.16. The van der Waals surface area contributed by atoms with Gasteiger partial charge < -0.3 is 20.3 Å². The molecule has 170 valence electrons. The molecule has 0 amide bonds. The van der Waals surface area contributed by atoms with Crippen molar-refractivity contribution >= 4 is 29.9 Å². The van der Waals surface area contributed by atoms with Crippen LogP contribution in [0.5, 0.6) is 0 Å². The monoisotopic (exact) mass is 528 g/mol. The minimum Gasteiger partial charge on any atom is -0.373 e. The standard InChI is InChI=1S/C24H40N4O.HI/c1-19-9-11-21(12-10-19)23-22(8-7-15-29-23)17-27-24(25-3)26-16-20(2)18-28-13-5-4-6-14-28;/h9-12,20,22-23H,4-8,13-18H2,1-3H3,(H2,25,26,27);1H. The number of aliphatic imine (C=N–C) groups is 1. The van der Waals surface area contributed by atoms with Crippen LogP contribution in [-0.4, -0.2) is 57.2 Å². The summed E-state index contributed by atoms with van der Waals surface area (Å²) in [5, 5.41) is 7.09. The first-order chi connectivity index (χ1) is 14.2. The Kier molecular flexibility index (Phi) is 11.5. The Morgan fingerprint density at radius 2 is 1.87 bits per heavy atom. The quantitative estimate of drug-likeness (QED) is 0.314. The molecular weight excluding hydrogens is 487 g/mol. The maximum Gasteiger partial charge on any atom is 0.190 e. The Bertz CT molecular complexity index is 631. The van der Waals surface area contributed by atoms with Gasteiger partial charge >= 0.3 is 0 Å². The van der Waals surface area contributed by atoms with Gasteiger partial charge in [0.05, 0.1) is 6.10 Å². The molecule has 0 bridgehead atoms. The molecule has 3 unspecified atom stereocenters. The second-order valence-electron chi connectivity index (χ2n) is 8.90.